The third-order valence-corrected chi connectivity index (χ3v) is 4.23. The Kier molecular flexibility index (Phi) is 7.56. The van der Waals surface area contributed by atoms with Crippen LogP contribution in [0.3, 0.4) is 0 Å². The van der Waals surface area contributed by atoms with Crippen LogP contribution in [0, 0.1) is 0 Å². The van der Waals surface area contributed by atoms with Gasteiger partial charge in [0.1, 0.15) is 5.03 Å². The van der Waals surface area contributed by atoms with Gasteiger partial charge in [0, 0.05) is 30.6 Å². The minimum atomic E-state index is 0.138. The van der Waals surface area contributed by atoms with E-state index in [2.05, 4.69) is 55.9 Å². The largest absolute Gasteiger partial charge is 0.308 e. The Morgan fingerprint density at radius 3 is 2.55 bits per heavy atom. The zero-order chi connectivity index (χ0) is 15.0. The van der Waals surface area contributed by atoms with Crippen molar-refractivity contribution >= 4 is 11.8 Å². The molecule has 0 aliphatic rings. The van der Waals surface area contributed by atoms with E-state index < -0.39 is 0 Å². The molecule has 0 saturated heterocycles. The number of rotatable bonds is 8. The van der Waals surface area contributed by atoms with E-state index in [1.807, 2.05) is 24.0 Å². The lowest BCUT2D eigenvalue weighted by Gasteiger charge is -2.21. The van der Waals surface area contributed by atoms with E-state index in [1.54, 1.807) is 0 Å². The summed E-state index contributed by atoms with van der Waals surface area (Å²) in [5, 5.41) is 4.70. The van der Waals surface area contributed by atoms with Crippen LogP contribution in [-0.2, 0) is 6.54 Å². The smallest absolute Gasteiger partial charge is 0.100 e. The van der Waals surface area contributed by atoms with Crippen molar-refractivity contribution in [3.05, 3.63) is 23.9 Å². The van der Waals surface area contributed by atoms with Crippen molar-refractivity contribution < 1.29 is 0 Å². The quantitative estimate of drug-likeness (QED) is 0.744. The van der Waals surface area contributed by atoms with Crippen molar-refractivity contribution in [3.63, 3.8) is 0 Å². The van der Waals surface area contributed by atoms with Gasteiger partial charge in [-0.15, -0.1) is 11.8 Å². The Morgan fingerprint density at radius 2 is 1.95 bits per heavy atom. The van der Waals surface area contributed by atoms with Crippen LogP contribution in [0.2, 0.25) is 0 Å². The molecule has 0 aliphatic heterocycles. The Bertz CT molecular complexity index is 384. The average Bonchev–Trinajstić information content (AvgIpc) is 2.41. The second-order valence-electron chi connectivity index (χ2n) is 5.95. The van der Waals surface area contributed by atoms with Crippen LogP contribution in [-0.4, -0.2) is 40.8 Å². The molecule has 0 atom stereocenters. The molecule has 1 aromatic rings. The van der Waals surface area contributed by atoms with Gasteiger partial charge in [0.15, 0.2) is 0 Å². The summed E-state index contributed by atoms with van der Waals surface area (Å²) in [6.07, 6.45) is 1.89. The van der Waals surface area contributed by atoms with Gasteiger partial charge in [0.25, 0.3) is 0 Å². The number of aromatic nitrogens is 1. The molecule has 0 fully saturated rings. The second-order valence-corrected chi connectivity index (χ2v) is 7.03. The molecule has 0 bridgehead atoms. The SMILES string of the molecule is CCN(CC)CCSc1ncccc1CNC(C)(C)C. The highest BCUT2D eigenvalue weighted by molar-refractivity contribution is 7.99. The molecule has 114 valence electrons. The molecule has 20 heavy (non-hydrogen) atoms. The maximum Gasteiger partial charge on any atom is 0.100 e. The standard InChI is InChI=1S/C16H29N3S/c1-6-19(7-2)11-12-20-15-14(9-8-10-17-15)13-18-16(3,4)5/h8-10,18H,6-7,11-13H2,1-5H3. The third kappa shape index (κ3) is 6.73. The van der Waals surface area contributed by atoms with E-state index in [0.29, 0.717) is 0 Å². The Hall–Kier alpha value is -0.580. The van der Waals surface area contributed by atoms with E-state index in [1.165, 1.54) is 5.56 Å². The van der Waals surface area contributed by atoms with Crippen LogP contribution in [0.15, 0.2) is 23.4 Å². The van der Waals surface area contributed by atoms with Crippen LogP contribution < -0.4 is 5.32 Å². The number of nitrogens with one attached hydrogen (secondary N) is 1. The fraction of sp³-hybridized carbons (Fsp3) is 0.688. The van der Waals surface area contributed by atoms with Gasteiger partial charge in [0.05, 0.1) is 0 Å². The maximum absolute atomic E-state index is 4.53. The molecule has 0 saturated carbocycles. The van der Waals surface area contributed by atoms with E-state index in [-0.39, 0.29) is 5.54 Å². The van der Waals surface area contributed by atoms with Crippen molar-refractivity contribution in [3.8, 4) is 0 Å². The molecule has 4 heteroatoms. The van der Waals surface area contributed by atoms with E-state index in [0.717, 1.165) is 37.0 Å². The minimum Gasteiger partial charge on any atom is -0.308 e. The lowest BCUT2D eigenvalue weighted by molar-refractivity contribution is 0.324. The predicted octanol–water partition coefficient (Wildman–Crippen LogP) is 3.40. The third-order valence-electron chi connectivity index (χ3n) is 3.20. The van der Waals surface area contributed by atoms with Crippen LogP contribution in [0.25, 0.3) is 0 Å². The topological polar surface area (TPSA) is 28.2 Å². The van der Waals surface area contributed by atoms with Gasteiger partial charge >= 0.3 is 0 Å². The highest BCUT2D eigenvalue weighted by Crippen LogP contribution is 2.20. The van der Waals surface area contributed by atoms with Gasteiger partial charge in [-0.3, -0.25) is 0 Å². The first-order valence-electron chi connectivity index (χ1n) is 7.50. The summed E-state index contributed by atoms with van der Waals surface area (Å²) in [7, 11) is 0. The summed E-state index contributed by atoms with van der Waals surface area (Å²) in [6, 6.07) is 4.19. The number of pyridine rings is 1. The normalized spacial score (nSPS) is 12.1. The first-order valence-corrected chi connectivity index (χ1v) is 8.49. The van der Waals surface area contributed by atoms with Crippen molar-refractivity contribution in [1.29, 1.82) is 0 Å². The highest BCUT2D eigenvalue weighted by Gasteiger charge is 2.11. The number of thioether (sulfide) groups is 1. The number of hydrogen-bond donors (Lipinski definition) is 1. The van der Waals surface area contributed by atoms with Crippen LogP contribution in [0.1, 0.15) is 40.2 Å². The second kappa shape index (κ2) is 8.65. The van der Waals surface area contributed by atoms with Crippen molar-refractivity contribution in [1.82, 2.24) is 15.2 Å². The Balaban J connectivity index is 2.53. The summed E-state index contributed by atoms with van der Waals surface area (Å²) in [5.74, 6) is 1.10. The summed E-state index contributed by atoms with van der Waals surface area (Å²) < 4.78 is 0. The van der Waals surface area contributed by atoms with Gasteiger partial charge < -0.3 is 10.2 Å². The highest BCUT2D eigenvalue weighted by atomic mass is 32.2. The summed E-state index contributed by atoms with van der Waals surface area (Å²) in [6.45, 7) is 15.3. The van der Waals surface area contributed by atoms with Gasteiger partial charge in [-0.1, -0.05) is 19.9 Å². The minimum absolute atomic E-state index is 0.138. The molecular weight excluding hydrogens is 266 g/mol. The Labute approximate surface area is 128 Å². The molecule has 0 amide bonds. The molecule has 0 radical (unpaired) electrons. The first-order chi connectivity index (χ1) is 9.46. The molecular formula is C16H29N3S. The summed E-state index contributed by atoms with van der Waals surface area (Å²) in [4.78, 5) is 6.98. The molecule has 1 heterocycles. The fourth-order valence-corrected chi connectivity index (χ4v) is 2.86. The van der Waals surface area contributed by atoms with Gasteiger partial charge in [-0.05, 0) is 45.5 Å². The van der Waals surface area contributed by atoms with Gasteiger partial charge in [-0.25, -0.2) is 4.98 Å². The van der Waals surface area contributed by atoms with Gasteiger partial charge in [0.2, 0.25) is 0 Å². The lowest BCUT2D eigenvalue weighted by atomic mass is 10.1. The average molecular weight is 295 g/mol. The Morgan fingerprint density at radius 1 is 1.25 bits per heavy atom. The van der Waals surface area contributed by atoms with Crippen molar-refractivity contribution in [2.24, 2.45) is 0 Å². The molecule has 1 N–H and O–H groups in total. The fourth-order valence-electron chi connectivity index (χ4n) is 1.86. The molecule has 0 spiro atoms. The zero-order valence-corrected chi connectivity index (χ0v) is 14.4. The van der Waals surface area contributed by atoms with Crippen molar-refractivity contribution in [2.45, 2.75) is 51.7 Å². The lowest BCUT2D eigenvalue weighted by Crippen LogP contribution is -2.35. The van der Waals surface area contributed by atoms with Gasteiger partial charge in [-0.2, -0.15) is 0 Å². The molecule has 0 aromatic carbocycles. The van der Waals surface area contributed by atoms with Crippen LogP contribution in [0.4, 0.5) is 0 Å². The molecule has 1 rings (SSSR count). The zero-order valence-electron chi connectivity index (χ0n) is 13.6. The molecule has 1 aromatic heterocycles. The summed E-state index contributed by atoms with van der Waals surface area (Å²) >= 11 is 1.86. The van der Waals surface area contributed by atoms with Crippen LogP contribution in [0.5, 0.6) is 0 Å². The number of hydrogen-bond acceptors (Lipinski definition) is 4. The van der Waals surface area contributed by atoms with E-state index in [4.69, 9.17) is 0 Å². The van der Waals surface area contributed by atoms with Crippen LogP contribution >= 0.6 is 11.8 Å². The monoisotopic (exact) mass is 295 g/mol. The van der Waals surface area contributed by atoms with E-state index in [9.17, 15) is 0 Å². The van der Waals surface area contributed by atoms with E-state index >= 15 is 0 Å². The first kappa shape index (κ1) is 17.5. The number of nitrogens with zero attached hydrogens (tertiary/aromatic N) is 2. The maximum atomic E-state index is 4.53. The summed E-state index contributed by atoms with van der Waals surface area (Å²) in [5.41, 5.74) is 1.44. The molecule has 0 aliphatic carbocycles. The predicted molar refractivity (Wildman–Crippen MR) is 89.3 cm³/mol. The van der Waals surface area contributed by atoms with Crippen molar-refractivity contribution in [2.75, 3.05) is 25.4 Å². The molecule has 0 unspecified atom stereocenters. The molecule has 3 nitrogen and oxygen atoms in total.